The SMILES string of the molecule is Cc1ccc(S(=O)(=O)OB(O)c2ccccn2)cc1. The molecule has 0 unspecified atom stereocenters. The van der Waals surface area contributed by atoms with Crippen LogP contribution in [0.2, 0.25) is 0 Å². The second-order valence-corrected chi connectivity index (χ2v) is 5.54. The van der Waals surface area contributed by atoms with Crippen LogP contribution >= 0.6 is 0 Å². The fraction of sp³-hybridized carbons (Fsp3) is 0.0833. The van der Waals surface area contributed by atoms with E-state index >= 15 is 0 Å². The standard InChI is InChI=1S/C12H12BNO4S/c1-10-5-7-11(8-6-10)19(16,17)18-13(15)12-4-2-3-9-14-12/h2-9,15H,1H3. The summed E-state index contributed by atoms with van der Waals surface area (Å²) in [7, 11) is -5.63. The molecule has 0 amide bonds. The van der Waals surface area contributed by atoms with Gasteiger partial charge in [-0.1, -0.05) is 23.8 Å². The van der Waals surface area contributed by atoms with Gasteiger partial charge in [-0.15, -0.1) is 0 Å². The van der Waals surface area contributed by atoms with E-state index in [1.807, 2.05) is 6.92 Å². The van der Waals surface area contributed by atoms with Crippen LogP contribution in [0.5, 0.6) is 0 Å². The van der Waals surface area contributed by atoms with E-state index in [2.05, 4.69) is 4.98 Å². The highest BCUT2D eigenvalue weighted by atomic mass is 32.2. The molecule has 98 valence electrons. The second kappa shape index (κ2) is 5.52. The molecular weight excluding hydrogens is 265 g/mol. The molecule has 0 aliphatic heterocycles. The van der Waals surface area contributed by atoms with Crippen molar-refractivity contribution < 1.29 is 17.5 Å². The number of pyridine rings is 1. The van der Waals surface area contributed by atoms with Crippen LogP contribution in [0.3, 0.4) is 0 Å². The van der Waals surface area contributed by atoms with E-state index in [0.717, 1.165) is 5.56 Å². The van der Waals surface area contributed by atoms with Crippen molar-refractivity contribution in [3.63, 3.8) is 0 Å². The Morgan fingerprint density at radius 1 is 1.16 bits per heavy atom. The minimum atomic E-state index is -4.01. The van der Waals surface area contributed by atoms with Crippen molar-refractivity contribution in [1.29, 1.82) is 0 Å². The van der Waals surface area contributed by atoms with Gasteiger partial charge in [0.1, 0.15) is 0 Å². The Bertz CT molecular complexity index is 643. The molecular formula is C12H12BNO4S. The minimum Gasteiger partial charge on any atom is -0.421 e. The average Bonchev–Trinajstić information content (AvgIpc) is 2.40. The van der Waals surface area contributed by atoms with E-state index in [4.69, 9.17) is 4.10 Å². The first-order valence-electron chi connectivity index (χ1n) is 5.58. The van der Waals surface area contributed by atoms with Crippen molar-refractivity contribution in [2.75, 3.05) is 0 Å². The van der Waals surface area contributed by atoms with Gasteiger partial charge in [0.2, 0.25) is 0 Å². The smallest absolute Gasteiger partial charge is 0.421 e. The second-order valence-electron chi connectivity index (χ2n) is 3.97. The lowest BCUT2D eigenvalue weighted by Gasteiger charge is -2.08. The van der Waals surface area contributed by atoms with Gasteiger partial charge in [-0.3, -0.25) is 9.08 Å². The quantitative estimate of drug-likeness (QED) is 0.823. The van der Waals surface area contributed by atoms with E-state index < -0.39 is 17.2 Å². The molecule has 0 spiro atoms. The lowest BCUT2D eigenvalue weighted by Crippen LogP contribution is -2.37. The lowest BCUT2D eigenvalue weighted by atomic mass is 9.86. The third-order valence-corrected chi connectivity index (χ3v) is 3.75. The maximum Gasteiger partial charge on any atom is 0.526 e. The van der Waals surface area contributed by atoms with Gasteiger partial charge in [-0.05, 0) is 31.2 Å². The molecule has 0 radical (unpaired) electrons. The molecule has 7 heteroatoms. The summed E-state index contributed by atoms with van der Waals surface area (Å²) in [4.78, 5) is 3.82. The molecule has 19 heavy (non-hydrogen) atoms. The van der Waals surface area contributed by atoms with Crippen LogP contribution < -0.4 is 5.59 Å². The van der Waals surface area contributed by atoms with Crippen molar-refractivity contribution in [3.8, 4) is 0 Å². The van der Waals surface area contributed by atoms with Crippen molar-refractivity contribution >= 4 is 22.8 Å². The van der Waals surface area contributed by atoms with Crippen LogP contribution in [0.15, 0.2) is 53.6 Å². The van der Waals surface area contributed by atoms with Gasteiger partial charge in [0.05, 0.1) is 10.5 Å². The van der Waals surface area contributed by atoms with Crippen LogP contribution in [-0.4, -0.2) is 25.5 Å². The molecule has 0 saturated heterocycles. The van der Waals surface area contributed by atoms with Crippen molar-refractivity contribution in [1.82, 2.24) is 4.98 Å². The Hall–Kier alpha value is -1.70. The molecule has 0 aliphatic rings. The van der Waals surface area contributed by atoms with Crippen molar-refractivity contribution in [3.05, 3.63) is 54.2 Å². The predicted octanol–water partition coefficient (Wildman–Crippen LogP) is 0.483. The fourth-order valence-corrected chi connectivity index (χ4v) is 2.37. The summed E-state index contributed by atoms with van der Waals surface area (Å²) in [6.07, 6.45) is 1.44. The Morgan fingerprint density at radius 2 is 1.84 bits per heavy atom. The maximum absolute atomic E-state index is 11.9. The molecule has 1 aromatic heterocycles. The van der Waals surface area contributed by atoms with Gasteiger partial charge in [0.25, 0.3) is 10.1 Å². The minimum absolute atomic E-state index is 0.00641. The fourth-order valence-electron chi connectivity index (χ4n) is 1.45. The third kappa shape index (κ3) is 3.40. The number of aryl methyl sites for hydroxylation is 1. The van der Waals surface area contributed by atoms with E-state index in [0.29, 0.717) is 0 Å². The van der Waals surface area contributed by atoms with Crippen LogP contribution in [0, 0.1) is 6.92 Å². The number of rotatable bonds is 4. The van der Waals surface area contributed by atoms with Crippen LogP contribution in [0.1, 0.15) is 5.56 Å². The van der Waals surface area contributed by atoms with E-state index in [9.17, 15) is 13.4 Å². The first-order chi connectivity index (χ1) is 8.99. The highest BCUT2D eigenvalue weighted by molar-refractivity contribution is 7.87. The molecule has 0 bridgehead atoms. The van der Waals surface area contributed by atoms with E-state index in [1.54, 1.807) is 24.3 Å². The van der Waals surface area contributed by atoms with Gasteiger partial charge in [0, 0.05) is 6.20 Å². The largest absolute Gasteiger partial charge is 0.526 e. The predicted molar refractivity (Wildman–Crippen MR) is 71.3 cm³/mol. The normalized spacial score (nSPS) is 11.3. The number of hydrogen-bond donors (Lipinski definition) is 1. The zero-order valence-electron chi connectivity index (χ0n) is 10.2. The van der Waals surface area contributed by atoms with Gasteiger partial charge < -0.3 is 5.02 Å². The zero-order valence-corrected chi connectivity index (χ0v) is 11.0. The number of nitrogens with zero attached hydrogens (tertiary/aromatic N) is 1. The van der Waals surface area contributed by atoms with Gasteiger partial charge >= 0.3 is 7.12 Å². The highest BCUT2D eigenvalue weighted by Crippen LogP contribution is 2.13. The summed E-state index contributed by atoms with van der Waals surface area (Å²) in [6, 6.07) is 10.9. The van der Waals surface area contributed by atoms with Crippen molar-refractivity contribution in [2.45, 2.75) is 11.8 Å². The van der Waals surface area contributed by atoms with Crippen molar-refractivity contribution in [2.24, 2.45) is 0 Å². The summed E-state index contributed by atoms with van der Waals surface area (Å²) < 4.78 is 28.5. The monoisotopic (exact) mass is 277 g/mol. The summed E-state index contributed by atoms with van der Waals surface area (Å²) in [6.45, 7) is 1.85. The number of benzene rings is 1. The number of aromatic nitrogens is 1. The first-order valence-corrected chi connectivity index (χ1v) is 6.99. The third-order valence-electron chi connectivity index (χ3n) is 2.47. The molecule has 1 heterocycles. The Balaban J connectivity index is 2.20. The van der Waals surface area contributed by atoms with E-state index in [1.165, 1.54) is 24.4 Å². The highest BCUT2D eigenvalue weighted by Gasteiger charge is 2.27. The molecule has 5 nitrogen and oxygen atoms in total. The van der Waals surface area contributed by atoms with Crippen LogP contribution in [0.25, 0.3) is 0 Å². The molecule has 0 saturated carbocycles. The molecule has 0 atom stereocenters. The summed E-state index contributed by atoms with van der Waals surface area (Å²) >= 11 is 0. The van der Waals surface area contributed by atoms with Gasteiger partial charge in [0.15, 0.2) is 0 Å². The molecule has 1 aromatic carbocycles. The van der Waals surface area contributed by atoms with Crippen LogP contribution in [0.4, 0.5) is 0 Å². The van der Waals surface area contributed by atoms with Gasteiger partial charge in [-0.2, -0.15) is 8.42 Å². The Labute approximate surface area is 112 Å². The summed E-state index contributed by atoms with van der Waals surface area (Å²) in [5.41, 5.74) is 1.07. The maximum atomic E-state index is 11.9. The average molecular weight is 277 g/mol. The Morgan fingerprint density at radius 3 is 2.42 bits per heavy atom. The molecule has 1 N–H and O–H groups in total. The molecule has 0 fully saturated rings. The number of hydrogen-bond acceptors (Lipinski definition) is 5. The molecule has 0 aliphatic carbocycles. The first kappa shape index (κ1) is 13.7. The summed E-state index contributed by atoms with van der Waals surface area (Å²) in [5, 5.41) is 9.71. The van der Waals surface area contributed by atoms with Crippen LogP contribution in [-0.2, 0) is 14.2 Å². The zero-order chi connectivity index (χ0) is 13.9. The summed E-state index contributed by atoms with van der Waals surface area (Å²) in [5.74, 6) is 0. The van der Waals surface area contributed by atoms with Gasteiger partial charge in [-0.25, -0.2) is 0 Å². The Kier molecular flexibility index (Phi) is 3.99. The lowest BCUT2D eigenvalue weighted by molar-refractivity contribution is 0.418. The van der Waals surface area contributed by atoms with E-state index in [-0.39, 0.29) is 10.5 Å². The topological polar surface area (TPSA) is 76.5 Å². The molecule has 2 aromatic rings. The molecule has 2 rings (SSSR count).